The van der Waals surface area contributed by atoms with Crippen LogP contribution in [0.2, 0.25) is 0 Å². The Morgan fingerprint density at radius 2 is 2.24 bits per heavy atom. The smallest absolute Gasteiger partial charge is 0.191 e. The van der Waals surface area contributed by atoms with Crippen LogP contribution >= 0.6 is 11.8 Å². The van der Waals surface area contributed by atoms with E-state index in [0.717, 1.165) is 28.8 Å². The Morgan fingerprint density at radius 1 is 1.43 bits per heavy atom. The number of hydrogen-bond donors (Lipinski definition) is 1. The number of methoxy groups -OCH3 is 1. The zero-order chi connectivity index (χ0) is 15.2. The summed E-state index contributed by atoms with van der Waals surface area (Å²) in [5.41, 5.74) is 7.22. The van der Waals surface area contributed by atoms with Crippen molar-refractivity contribution >= 4 is 11.8 Å². The van der Waals surface area contributed by atoms with E-state index < -0.39 is 0 Å². The first kappa shape index (κ1) is 15.4. The quantitative estimate of drug-likeness (QED) is 0.820. The Morgan fingerprint density at radius 3 is 2.86 bits per heavy atom. The van der Waals surface area contributed by atoms with Crippen LogP contribution in [-0.2, 0) is 18.8 Å². The lowest BCUT2D eigenvalue weighted by molar-refractivity contribution is 0.411. The van der Waals surface area contributed by atoms with Crippen LogP contribution in [-0.4, -0.2) is 21.9 Å². The molecule has 2 aromatic rings. The Kier molecular flexibility index (Phi) is 5.20. The fourth-order valence-corrected chi connectivity index (χ4v) is 3.00. The first-order valence-electron chi connectivity index (χ1n) is 6.55. The summed E-state index contributed by atoms with van der Waals surface area (Å²) in [6.45, 7) is 3.18. The predicted molar refractivity (Wildman–Crippen MR) is 80.9 cm³/mol. The molecule has 0 unspecified atom stereocenters. The van der Waals surface area contributed by atoms with Crippen LogP contribution < -0.4 is 10.5 Å². The van der Waals surface area contributed by atoms with Crippen molar-refractivity contribution in [3.63, 3.8) is 0 Å². The van der Waals surface area contributed by atoms with Gasteiger partial charge in [0.1, 0.15) is 11.6 Å². The second kappa shape index (κ2) is 7.11. The molecule has 1 aromatic heterocycles. The Hall–Kier alpha value is -2.04. The number of nitrogens with zero attached hydrogens (tertiary/aromatic N) is 4. The van der Waals surface area contributed by atoms with Crippen molar-refractivity contribution in [1.29, 1.82) is 5.26 Å². The van der Waals surface area contributed by atoms with Gasteiger partial charge in [0.2, 0.25) is 0 Å². The van der Waals surface area contributed by atoms with E-state index in [2.05, 4.69) is 16.3 Å². The monoisotopic (exact) mass is 303 g/mol. The van der Waals surface area contributed by atoms with Gasteiger partial charge in [0.25, 0.3) is 0 Å². The molecule has 0 bridgehead atoms. The summed E-state index contributed by atoms with van der Waals surface area (Å²) in [6.07, 6.45) is 0. The number of hydrogen-bond acceptors (Lipinski definition) is 6. The number of rotatable bonds is 6. The maximum absolute atomic E-state index is 8.99. The van der Waals surface area contributed by atoms with Gasteiger partial charge in [-0.2, -0.15) is 5.26 Å². The Balaban J connectivity index is 2.20. The molecule has 1 aromatic carbocycles. The first-order chi connectivity index (χ1) is 10.2. The van der Waals surface area contributed by atoms with Gasteiger partial charge < -0.3 is 15.0 Å². The summed E-state index contributed by atoms with van der Waals surface area (Å²) < 4.78 is 7.32. The minimum atomic E-state index is 0.370. The van der Waals surface area contributed by atoms with Gasteiger partial charge in [-0.3, -0.25) is 0 Å². The summed E-state index contributed by atoms with van der Waals surface area (Å²) in [4.78, 5) is 0. The topological polar surface area (TPSA) is 89.8 Å². The van der Waals surface area contributed by atoms with Gasteiger partial charge in [-0.15, -0.1) is 10.2 Å². The third-order valence-corrected chi connectivity index (χ3v) is 4.07. The molecular formula is C14H17N5OS. The average molecular weight is 303 g/mol. The largest absolute Gasteiger partial charge is 0.496 e. The SMILES string of the molecule is CCn1c(CN)nnc1SCc1cc(C#N)ccc1OC. The molecule has 0 aliphatic heterocycles. The van der Waals surface area contributed by atoms with E-state index in [0.29, 0.717) is 17.9 Å². The second-order valence-corrected chi connectivity index (χ2v) is 5.22. The molecule has 0 saturated carbocycles. The lowest BCUT2D eigenvalue weighted by atomic mass is 10.1. The van der Waals surface area contributed by atoms with Gasteiger partial charge >= 0.3 is 0 Å². The van der Waals surface area contributed by atoms with Gasteiger partial charge in [0.05, 0.1) is 25.3 Å². The molecule has 110 valence electrons. The lowest BCUT2D eigenvalue weighted by Gasteiger charge is -2.09. The molecular weight excluding hydrogens is 286 g/mol. The van der Waals surface area contributed by atoms with Gasteiger partial charge in [0, 0.05) is 17.9 Å². The van der Waals surface area contributed by atoms with Crippen molar-refractivity contribution in [3.05, 3.63) is 35.2 Å². The molecule has 7 heteroatoms. The van der Waals surface area contributed by atoms with Crippen LogP contribution in [0.4, 0.5) is 0 Å². The summed E-state index contributed by atoms with van der Waals surface area (Å²) >= 11 is 1.55. The number of benzene rings is 1. The third kappa shape index (κ3) is 3.35. The van der Waals surface area contributed by atoms with Crippen molar-refractivity contribution in [2.45, 2.75) is 30.9 Å². The van der Waals surface area contributed by atoms with E-state index in [9.17, 15) is 0 Å². The number of nitriles is 1. The van der Waals surface area contributed by atoms with Crippen molar-refractivity contribution in [3.8, 4) is 11.8 Å². The molecule has 2 N–H and O–H groups in total. The van der Waals surface area contributed by atoms with Crippen LogP contribution in [0.1, 0.15) is 23.9 Å². The maximum Gasteiger partial charge on any atom is 0.191 e. The number of nitrogens with two attached hydrogens (primary N) is 1. The molecule has 0 spiro atoms. The molecule has 2 rings (SSSR count). The third-order valence-electron chi connectivity index (χ3n) is 3.06. The lowest BCUT2D eigenvalue weighted by Crippen LogP contribution is -2.08. The van der Waals surface area contributed by atoms with Gasteiger partial charge in [-0.1, -0.05) is 11.8 Å². The molecule has 0 saturated heterocycles. The molecule has 0 aliphatic rings. The summed E-state index contributed by atoms with van der Waals surface area (Å²) in [6, 6.07) is 7.53. The number of aromatic nitrogens is 3. The zero-order valence-corrected chi connectivity index (χ0v) is 12.9. The van der Waals surface area contributed by atoms with Gasteiger partial charge in [-0.25, -0.2) is 0 Å². The molecule has 6 nitrogen and oxygen atoms in total. The number of ether oxygens (including phenoxy) is 1. The van der Waals surface area contributed by atoms with Gasteiger partial charge in [-0.05, 0) is 25.1 Å². The predicted octanol–water partition coefficient (Wildman–Crippen LogP) is 1.93. The Labute approximate surface area is 127 Å². The summed E-state index contributed by atoms with van der Waals surface area (Å²) in [5, 5.41) is 18.1. The van der Waals surface area contributed by atoms with Gasteiger partial charge in [0.15, 0.2) is 5.16 Å². The van der Waals surface area contributed by atoms with Crippen LogP contribution in [0.3, 0.4) is 0 Å². The molecule has 1 heterocycles. The molecule has 0 fully saturated rings. The van der Waals surface area contributed by atoms with E-state index in [1.54, 1.807) is 24.9 Å². The second-order valence-electron chi connectivity index (χ2n) is 4.27. The maximum atomic E-state index is 8.99. The fraction of sp³-hybridized carbons (Fsp3) is 0.357. The number of thioether (sulfide) groups is 1. The highest BCUT2D eigenvalue weighted by molar-refractivity contribution is 7.98. The fourth-order valence-electron chi connectivity index (χ4n) is 2.00. The molecule has 21 heavy (non-hydrogen) atoms. The standard InChI is InChI=1S/C14H17N5OS/c1-3-19-13(8-16)17-18-14(19)21-9-11-6-10(7-15)4-5-12(11)20-2/h4-6H,3,8-9,16H2,1-2H3. The van der Waals surface area contributed by atoms with Crippen LogP contribution in [0.25, 0.3) is 0 Å². The van der Waals surface area contributed by atoms with Crippen LogP contribution in [0.5, 0.6) is 5.75 Å². The molecule has 0 radical (unpaired) electrons. The average Bonchev–Trinajstić information content (AvgIpc) is 2.94. The van der Waals surface area contributed by atoms with E-state index in [1.807, 2.05) is 23.6 Å². The molecule has 0 amide bonds. The molecule has 0 atom stereocenters. The van der Waals surface area contributed by atoms with E-state index in [4.69, 9.17) is 15.7 Å². The minimum absolute atomic E-state index is 0.370. The first-order valence-corrected chi connectivity index (χ1v) is 7.54. The van der Waals surface area contributed by atoms with E-state index >= 15 is 0 Å². The summed E-state index contributed by atoms with van der Waals surface area (Å²) in [7, 11) is 1.62. The van der Waals surface area contributed by atoms with Crippen molar-refractivity contribution < 1.29 is 4.74 Å². The van der Waals surface area contributed by atoms with Crippen molar-refractivity contribution in [2.24, 2.45) is 5.73 Å². The van der Waals surface area contributed by atoms with Crippen molar-refractivity contribution in [1.82, 2.24) is 14.8 Å². The highest BCUT2D eigenvalue weighted by Gasteiger charge is 2.12. The molecule has 0 aliphatic carbocycles. The van der Waals surface area contributed by atoms with E-state index in [-0.39, 0.29) is 0 Å². The van der Waals surface area contributed by atoms with Crippen LogP contribution in [0, 0.1) is 11.3 Å². The summed E-state index contributed by atoms with van der Waals surface area (Å²) in [5.74, 6) is 2.20. The highest BCUT2D eigenvalue weighted by Crippen LogP contribution is 2.28. The van der Waals surface area contributed by atoms with Crippen molar-refractivity contribution in [2.75, 3.05) is 7.11 Å². The Bertz CT molecular complexity index is 662. The zero-order valence-electron chi connectivity index (χ0n) is 12.0. The van der Waals surface area contributed by atoms with E-state index in [1.165, 1.54) is 0 Å². The van der Waals surface area contributed by atoms with Crippen LogP contribution in [0.15, 0.2) is 23.4 Å². The minimum Gasteiger partial charge on any atom is -0.496 e. The highest BCUT2D eigenvalue weighted by atomic mass is 32.2. The normalized spacial score (nSPS) is 10.4.